The molecule has 0 heterocycles. The van der Waals surface area contributed by atoms with E-state index in [9.17, 15) is 26.4 Å². The molecule has 2 rings (SSSR count). The number of rotatable bonds is 6. The summed E-state index contributed by atoms with van der Waals surface area (Å²) < 4.78 is 64.0. The summed E-state index contributed by atoms with van der Waals surface area (Å²) in [4.78, 5) is 13.2. The van der Waals surface area contributed by atoms with Crippen LogP contribution in [0.4, 0.5) is 24.5 Å². The van der Waals surface area contributed by atoms with Gasteiger partial charge in [-0.2, -0.15) is 13.2 Å². The lowest BCUT2D eigenvalue weighted by Gasteiger charge is -2.23. The van der Waals surface area contributed by atoms with E-state index >= 15 is 0 Å². The molecule has 152 valence electrons. The van der Waals surface area contributed by atoms with Crippen molar-refractivity contribution in [1.82, 2.24) is 0 Å². The third-order valence-corrected chi connectivity index (χ3v) is 5.78. The molecule has 0 unspecified atom stereocenters. The van der Waals surface area contributed by atoms with Gasteiger partial charge in [-0.25, -0.2) is 8.42 Å². The summed E-state index contributed by atoms with van der Waals surface area (Å²) in [6, 6.07) is 9.51. The predicted molar refractivity (Wildman–Crippen MR) is 105 cm³/mol. The smallest absolute Gasteiger partial charge is 0.324 e. The van der Waals surface area contributed by atoms with E-state index in [2.05, 4.69) is 5.32 Å². The first-order valence-corrected chi connectivity index (χ1v) is 11.2. The number of halogens is 4. The van der Waals surface area contributed by atoms with Gasteiger partial charge in [0.25, 0.3) is 0 Å². The molecule has 2 aromatic carbocycles. The van der Waals surface area contributed by atoms with Crippen molar-refractivity contribution in [3.05, 3.63) is 53.1 Å². The zero-order valence-corrected chi connectivity index (χ0v) is 17.1. The maximum absolute atomic E-state index is 13.1. The standard InChI is InChI=1S/C17H16ClF3N2O3S2/c1-27-13-5-3-4-11(8-13)22-16(24)10-23(28(2,25)26)12-6-7-15(18)14(9-12)17(19,20)21/h3-9H,10H2,1-2H3,(H,22,24). The minimum atomic E-state index is -4.77. The molecular formula is C17H16ClF3N2O3S2. The van der Waals surface area contributed by atoms with Gasteiger partial charge in [0.15, 0.2) is 0 Å². The van der Waals surface area contributed by atoms with Crippen molar-refractivity contribution in [3.63, 3.8) is 0 Å². The van der Waals surface area contributed by atoms with E-state index in [-0.39, 0.29) is 5.69 Å². The molecule has 0 aliphatic rings. The first-order valence-electron chi connectivity index (χ1n) is 7.70. The fourth-order valence-electron chi connectivity index (χ4n) is 2.32. The summed E-state index contributed by atoms with van der Waals surface area (Å²) >= 11 is 7.03. The lowest BCUT2D eigenvalue weighted by molar-refractivity contribution is -0.137. The molecule has 0 aromatic heterocycles. The van der Waals surface area contributed by atoms with Crippen molar-refractivity contribution in [3.8, 4) is 0 Å². The molecule has 11 heteroatoms. The van der Waals surface area contributed by atoms with Crippen LogP contribution in [0.25, 0.3) is 0 Å². The summed E-state index contributed by atoms with van der Waals surface area (Å²) in [7, 11) is -4.04. The minimum absolute atomic E-state index is 0.313. The number of amides is 1. The van der Waals surface area contributed by atoms with Crippen LogP contribution in [0.2, 0.25) is 5.02 Å². The normalized spacial score (nSPS) is 11.9. The summed E-state index contributed by atoms with van der Waals surface area (Å²) in [6.45, 7) is -0.693. The zero-order valence-electron chi connectivity index (χ0n) is 14.7. The Balaban J connectivity index is 2.31. The van der Waals surface area contributed by atoms with Crippen molar-refractivity contribution in [1.29, 1.82) is 0 Å². The fourth-order valence-corrected chi connectivity index (χ4v) is 3.85. The van der Waals surface area contributed by atoms with Crippen LogP contribution in [-0.2, 0) is 21.0 Å². The van der Waals surface area contributed by atoms with E-state index in [0.29, 0.717) is 16.1 Å². The summed E-state index contributed by atoms with van der Waals surface area (Å²) in [5.41, 5.74) is -1.06. The van der Waals surface area contributed by atoms with Crippen LogP contribution in [-0.4, -0.2) is 33.4 Å². The van der Waals surface area contributed by atoms with Gasteiger partial charge >= 0.3 is 6.18 Å². The Morgan fingerprint density at radius 2 is 1.89 bits per heavy atom. The van der Waals surface area contributed by atoms with E-state index in [1.54, 1.807) is 18.2 Å². The molecule has 0 saturated heterocycles. The Labute approximate surface area is 169 Å². The zero-order chi connectivity index (χ0) is 21.1. The van der Waals surface area contributed by atoms with Crippen LogP contribution in [0, 0.1) is 0 Å². The first-order chi connectivity index (χ1) is 12.9. The van der Waals surface area contributed by atoms with Crippen LogP contribution >= 0.6 is 23.4 Å². The number of carbonyl (C=O) groups excluding carboxylic acids is 1. The highest BCUT2D eigenvalue weighted by molar-refractivity contribution is 7.98. The maximum atomic E-state index is 13.1. The number of hydrogen-bond donors (Lipinski definition) is 1. The van der Waals surface area contributed by atoms with Gasteiger partial charge in [0.1, 0.15) is 6.54 Å². The highest BCUT2D eigenvalue weighted by Gasteiger charge is 2.34. The van der Waals surface area contributed by atoms with Crippen LogP contribution < -0.4 is 9.62 Å². The molecular weight excluding hydrogens is 437 g/mol. The summed E-state index contributed by atoms with van der Waals surface area (Å²) in [5.74, 6) is -0.702. The molecule has 0 radical (unpaired) electrons. The van der Waals surface area contributed by atoms with Crippen molar-refractivity contribution >= 4 is 50.7 Å². The van der Waals surface area contributed by atoms with E-state index in [0.717, 1.165) is 23.3 Å². The Morgan fingerprint density at radius 3 is 2.46 bits per heavy atom. The van der Waals surface area contributed by atoms with Crippen molar-refractivity contribution < 1.29 is 26.4 Å². The quantitative estimate of drug-likeness (QED) is 0.656. The molecule has 1 N–H and O–H groups in total. The minimum Gasteiger partial charge on any atom is -0.324 e. The Bertz CT molecular complexity index is 982. The van der Waals surface area contributed by atoms with E-state index < -0.39 is 39.2 Å². The van der Waals surface area contributed by atoms with Crippen LogP contribution in [0.3, 0.4) is 0 Å². The summed E-state index contributed by atoms with van der Waals surface area (Å²) in [6.07, 6.45) is -2.11. The molecule has 2 aromatic rings. The number of nitrogens with zero attached hydrogens (tertiary/aromatic N) is 1. The molecule has 1 amide bonds. The molecule has 0 saturated carbocycles. The third-order valence-electron chi connectivity index (χ3n) is 3.58. The molecule has 28 heavy (non-hydrogen) atoms. The monoisotopic (exact) mass is 452 g/mol. The number of thioether (sulfide) groups is 1. The average molecular weight is 453 g/mol. The van der Waals surface area contributed by atoms with Gasteiger partial charge in [-0.15, -0.1) is 11.8 Å². The number of alkyl halides is 3. The van der Waals surface area contributed by atoms with E-state index in [1.165, 1.54) is 11.8 Å². The lowest BCUT2D eigenvalue weighted by atomic mass is 10.2. The van der Waals surface area contributed by atoms with Gasteiger partial charge in [-0.05, 0) is 42.7 Å². The van der Waals surface area contributed by atoms with Crippen molar-refractivity contribution in [2.24, 2.45) is 0 Å². The highest BCUT2D eigenvalue weighted by atomic mass is 35.5. The average Bonchev–Trinajstić information content (AvgIpc) is 2.58. The highest BCUT2D eigenvalue weighted by Crippen LogP contribution is 2.37. The van der Waals surface area contributed by atoms with Gasteiger partial charge < -0.3 is 5.32 Å². The number of benzene rings is 2. The Hall–Kier alpha value is -1.91. The topological polar surface area (TPSA) is 66.5 Å². The van der Waals surface area contributed by atoms with Gasteiger partial charge in [0.2, 0.25) is 15.9 Å². The molecule has 0 bridgehead atoms. The SMILES string of the molecule is CSc1cccc(NC(=O)CN(c2ccc(Cl)c(C(F)(F)F)c2)S(C)(=O)=O)c1. The Morgan fingerprint density at radius 1 is 1.21 bits per heavy atom. The third kappa shape index (κ3) is 5.79. The molecule has 0 aliphatic heterocycles. The Kier molecular flexibility index (Phi) is 6.89. The molecule has 0 aliphatic carbocycles. The van der Waals surface area contributed by atoms with Crippen molar-refractivity contribution in [2.45, 2.75) is 11.1 Å². The van der Waals surface area contributed by atoms with E-state index in [4.69, 9.17) is 11.6 Å². The number of hydrogen-bond acceptors (Lipinski definition) is 4. The molecule has 0 atom stereocenters. The second kappa shape index (κ2) is 8.62. The van der Waals surface area contributed by atoms with Gasteiger partial charge in [-0.1, -0.05) is 17.7 Å². The number of anilines is 2. The number of sulfonamides is 1. The second-order valence-corrected chi connectivity index (χ2v) is 8.91. The molecule has 0 fully saturated rings. The second-order valence-electron chi connectivity index (χ2n) is 5.71. The molecule has 5 nitrogen and oxygen atoms in total. The largest absolute Gasteiger partial charge is 0.417 e. The van der Waals surface area contributed by atoms with Crippen LogP contribution in [0.1, 0.15) is 5.56 Å². The van der Waals surface area contributed by atoms with Gasteiger partial charge in [-0.3, -0.25) is 9.10 Å². The first kappa shape index (κ1) is 22.4. The lowest BCUT2D eigenvalue weighted by Crippen LogP contribution is -2.37. The van der Waals surface area contributed by atoms with Crippen LogP contribution in [0.15, 0.2) is 47.4 Å². The fraction of sp³-hybridized carbons (Fsp3) is 0.235. The van der Waals surface area contributed by atoms with Gasteiger partial charge in [0.05, 0.1) is 22.5 Å². The predicted octanol–water partition coefficient (Wildman–Crippen LogP) is 4.49. The van der Waals surface area contributed by atoms with Gasteiger partial charge in [0, 0.05) is 10.6 Å². The summed E-state index contributed by atoms with van der Waals surface area (Å²) in [5, 5.41) is 1.97. The molecule has 0 spiro atoms. The number of carbonyl (C=O) groups is 1. The van der Waals surface area contributed by atoms with Crippen LogP contribution in [0.5, 0.6) is 0 Å². The number of nitrogens with one attached hydrogen (secondary N) is 1. The van der Waals surface area contributed by atoms with E-state index in [1.807, 2.05) is 12.3 Å². The maximum Gasteiger partial charge on any atom is 0.417 e. The van der Waals surface area contributed by atoms with Crippen molar-refractivity contribution in [2.75, 3.05) is 28.7 Å².